The molecule has 0 aliphatic carbocycles. The largest absolute Gasteiger partial charge is 0.363 e. The van der Waals surface area contributed by atoms with Crippen molar-refractivity contribution in [3.05, 3.63) is 12.2 Å². The van der Waals surface area contributed by atoms with Crippen molar-refractivity contribution in [2.24, 2.45) is 0 Å². The van der Waals surface area contributed by atoms with Gasteiger partial charge in [0.05, 0.1) is 39.6 Å². The van der Waals surface area contributed by atoms with Crippen molar-refractivity contribution < 1.29 is 13.9 Å². The zero-order valence-corrected chi connectivity index (χ0v) is 10.6. The first kappa shape index (κ1) is 16.3. The smallest absolute Gasteiger partial charge is 0.196 e. The third-order valence-corrected chi connectivity index (χ3v) is 1.57. The van der Waals surface area contributed by atoms with Crippen molar-refractivity contribution in [3.63, 3.8) is 0 Å². The lowest BCUT2D eigenvalue weighted by atomic mass is 10.3. The second kappa shape index (κ2) is 8.24. The van der Waals surface area contributed by atoms with Crippen molar-refractivity contribution in [1.82, 2.24) is 0 Å². The zero-order valence-electron chi connectivity index (χ0n) is 9.88. The maximum Gasteiger partial charge on any atom is 0.196 e. The molecule has 1 unspecified atom stereocenters. The molecule has 0 aromatic heterocycles. The number of hydrogen-bond donors (Lipinski definition) is 1. The topological polar surface area (TPSA) is 29.5 Å². The van der Waals surface area contributed by atoms with Gasteiger partial charge in [-0.05, 0) is 18.9 Å². The predicted molar refractivity (Wildman–Crippen MR) is 60.9 cm³/mol. The van der Waals surface area contributed by atoms with Crippen LogP contribution in [-0.4, -0.2) is 43.6 Å². The number of aliphatic hydroxyl groups is 1. The molecule has 14 heavy (non-hydrogen) atoms. The second-order valence-corrected chi connectivity index (χ2v) is 4.48. The summed E-state index contributed by atoms with van der Waals surface area (Å²) in [5.74, 6) is 0. The summed E-state index contributed by atoms with van der Waals surface area (Å²) >= 11 is 4.74. The first-order valence-electron chi connectivity index (χ1n) is 4.66. The van der Waals surface area contributed by atoms with Crippen LogP contribution in [0, 0.1) is 0 Å². The molecule has 0 rings (SSSR count). The molecular formula is C10H23ClNO2+. The van der Waals surface area contributed by atoms with Crippen molar-refractivity contribution in [2.75, 3.05) is 27.7 Å². The van der Waals surface area contributed by atoms with E-state index in [9.17, 15) is 0 Å². The Balaban J connectivity index is 0. The molecular weight excluding hydrogens is 202 g/mol. The Labute approximate surface area is 92.7 Å². The first-order chi connectivity index (χ1) is 6.24. The highest BCUT2D eigenvalue weighted by molar-refractivity contribution is 6.07. The van der Waals surface area contributed by atoms with Crippen LogP contribution < -0.4 is 0 Å². The van der Waals surface area contributed by atoms with Gasteiger partial charge in [-0.25, -0.2) is 4.29 Å². The Morgan fingerprint density at radius 2 is 1.93 bits per heavy atom. The van der Waals surface area contributed by atoms with E-state index in [1.807, 2.05) is 0 Å². The summed E-state index contributed by atoms with van der Waals surface area (Å²) in [6.45, 7) is 8.47. The highest BCUT2D eigenvalue weighted by Crippen LogP contribution is 1.99. The van der Waals surface area contributed by atoms with E-state index in [1.165, 1.54) is 13.0 Å². The Hall–Kier alpha value is -0.0900. The van der Waals surface area contributed by atoms with Gasteiger partial charge >= 0.3 is 0 Å². The molecule has 0 saturated carbocycles. The maximum atomic E-state index is 8.48. The minimum absolute atomic E-state index is 0.495. The fourth-order valence-electron chi connectivity index (χ4n) is 0.747. The van der Waals surface area contributed by atoms with Crippen molar-refractivity contribution in [2.45, 2.75) is 26.6 Å². The van der Waals surface area contributed by atoms with Gasteiger partial charge in [-0.15, -0.1) is 0 Å². The molecule has 0 fully saturated rings. The van der Waals surface area contributed by atoms with Gasteiger partial charge in [0.25, 0.3) is 0 Å². The van der Waals surface area contributed by atoms with Gasteiger partial charge in [0.1, 0.15) is 0 Å². The van der Waals surface area contributed by atoms with E-state index < -0.39 is 6.29 Å². The van der Waals surface area contributed by atoms with E-state index in [0.29, 0.717) is 5.57 Å². The molecule has 4 heteroatoms. The highest BCUT2D eigenvalue weighted by atomic mass is 35.5. The normalized spacial score (nSPS) is 12.8. The van der Waals surface area contributed by atoms with Crippen LogP contribution in [0.5, 0.6) is 0 Å². The number of halogens is 1. The van der Waals surface area contributed by atoms with Crippen LogP contribution >= 0.6 is 11.9 Å². The number of quaternary nitrogens is 1. The van der Waals surface area contributed by atoms with E-state index in [4.69, 9.17) is 17.0 Å². The SMILES string of the molecule is C=C(C)C(O)OCl.CCC[N+](C)(C)C. The first-order valence-corrected chi connectivity index (χ1v) is 4.96. The third-order valence-electron chi connectivity index (χ3n) is 1.40. The molecule has 0 bridgehead atoms. The van der Waals surface area contributed by atoms with E-state index >= 15 is 0 Å². The van der Waals surface area contributed by atoms with Crippen LogP contribution in [-0.2, 0) is 4.29 Å². The van der Waals surface area contributed by atoms with Gasteiger partial charge in [0, 0.05) is 0 Å². The standard InChI is InChI=1S/C6H16N.C4H7ClO2/c1-5-6-7(2,3)4;1-3(2)4(6)7-5/h5-6H2,1-4H3;4,6H,1H2,2H3/q+1;. The molecule has 0 aromatic rings. The van der Waals surface area contributed by atoms with E-state index in [0.717, 1.165) is 4.48 Å². The monoisotopic (exact) mass is 224 g/mol. The Bertz CT molecular complexity index is 155. The zero-order chi connectivity index (χ0) is 11.8. The highest BCUT2D eigenvalue weighted by Gasteiger charge is 2.01. The quantitative estimate of drug-likeness (QED) is 0.451. The average molecular weight is 225 g/mol. The summed E-state index contributed by atoms with van der Waals surface area (Å²) in [5.41, 5.74) is 0.495. The molecule has 0 spiro atoms. The molecule has 0 radical (unpaired) electrons. The van der Waals surface area contributed by atoms with Gasteiger partial charge in [-0.2, -0.15) is 0 Å². The molecule has 86 valence electrons. The Kier molecular flexibility index (Phi) is 9.62. The fraction of sp³-hybridized carbons (Fsp3) is 0.800. The summed E-state index contributed by atoms with van der Waals surface area (Å²) < 4.78 is 5.03. The molecule has 0 aliphatic heterocycles. The Morgan fingerprint density at radius 3 is 1.93 bits per heavy atom. The molecule has 3 nitrogen and oxygen atoms in total. The van der Waals surface area contributed by atoms with Crippen LogP contribution in [0.4, 0.5) is 0 Å². The van der Waals surface area contributed by atoms with Gasteiger partial charge in [0.15, 0.2) is 6.29 Å². The van der Waals surface area contributed by atoms with Crippen LogP contribution in [0.15, 0.2) is 12.2 Å². The summed E-state index contributed by atoms with van der Waals surface area (Å²) in [6, 6.07) is 0. The molecule has 0 aliphatic rings. The summed E-state index contributed by atoms with van der Waals surface area (Å²) in [5, 5.41) is 8.48. The third kappa shape index (κ3) is 14.4. The van der Waals surface area contributed by atoms with Crippen LogP contribution in [0.25, 0.3) is 0 Å². The van der Waals surface area contributed by atoms with Crippen LogP contribution in [0.2, 0.25) is 0 Å². The van der Waals surface area contributed by atoms with Crippen LogP contribution in [0.3, 0.4) is 0 Å². The van der Waals surface area contributed by atoms with Crippen molar-refractivity contribution in [3.8, 4) is 0 Å². The Morgan fingerprint density at radius 1 is 1.50 bits per heavy atom. The fourth-order valence-corrected chi connectivity index (χ4v) is 0.899. The average Bonchev–Trinajstić information content (AvgIpc) is 2.01. The predicted octanol–water partition coefficient (Wildman–Crippen LogP) is 2.15. The van der Waals surface area contributed by atoms with E-state index in [1.54, 1.807) is 6.92 Å². The molecule has 1 atom stereocenters. The lowest BCUT2D eigenvalue weighted by Gasteiger charge is -2.22. The number of rotatable bonds is 4. The van der Waals surface area contributed by atoms with Gasteiger partial charge in [-0.1, -0.05) is 13.5 Å². The summed E-state index contributed by atoms with van der Waals surface area (Å²) in [6.07, 6.45) is 0.255. The minimum Gasteiger partial charge on any atom is -0.363 e. The molecule has 0 aromatic carbocycles. The lowest BCUT2D eigenvalue weighted by Crippen LogP contribution is -2.34. The van der Waals surface area contributed by atoms with E-state index in [2.05, 4.69) is 38.9 Å². The van der Waals surface area contributed by atoms with Gasteiger partial charge in [-0.3, -0.25) is 0 Å². The number of nitrogens with zero attached hydrogens (tertiary/aromatic N) is 1. The summed E-state index contributed by atoms with van der Waals surface area (Å²) in [4.78, 5) is 0. The molecule has 0 amide bonds. The second-order valence-electron chi connectivity index (χ2n) is 4.30. The number of hydrogen-bond acceptors (Lipinski definition) is 2. The van der Waals surface area contributed by atoms with Crippen LogP contribution in [0.1, 0.15) is 20.3 Å². The molecule has 0 saturated heterocycles. The summed E-state index contributed by atoms with van der Waals surface area (Å²) in [7, 11) is 6.64. The maximum absolute atomic E-state index is 8.48. The molecule has 1 N–H and O–H groups in total. The van der Waals surface area contributed by atoms with Crippen molar-refractivity contribution >= 4 is 11.9 Å². The minimum atomic E-state index is -1.03. The lowest BCUT2D eigenvalue weighted by molar-refractivity contribution is -0.870. The van der Waals surface area contributed by atoms with Crippen molar-refractivity contribution in [1.29, 1.82) is 0 Å². The van der Waals surface area contributed by atoms with E-state index in [-0.39, 0.29) is 0 Å². The molecule has 0 heterocycles. The van der Waals surface area contributed by atoms with Gasteiger partial charge < -0.3 is 9.59 Å². The van der Waals surface area contributed by atoms with Gasteiger partial charge in [0.2, 0.25) is 0 Å². The number of aliphatic hydroxyl groups excluding tert-OH is 1.